The average molecular weight is 607 g/mol. The molecule has 6 rings (SSSR count). The number of urea groups is 1. The second-order valence-corrected chi connectivity index (χ2v) is 11.8. The van der Waals surface area contributed by atoms with Crippen LogP contribution in [0.3, 0.4) is 0 Å². The summed E-state index contributed by atoms with van der Waals surface area (Å²) >= 11 is 0. The Bertz CT molecular complexity index is 1810. The number of primary amides is 1. The number of nitrogens with zero attached hydrogens (tertiary/aromatic N) is 1. The van der Waals surface area contributed by atoms with Crippen LogP contribution >= 0.6 is 0 Å². The molecule has 0 aliphatic rings. The molecule has 6 nitrogen and oxygen atoms in total. The van der Waals surface area contributed by atoms with Crippen LogP contribution in [0.4, 0.5) is 4.79 Å². The Morgan fingerprint density at radius 2 is 1.17 bits per heavy atom. The molecule has 6 heteroatoms. The molecule has 6 aromatic rings. The molecule has 3 amide bonds. The van der Waals surface area contributed by atoms with Crippen molar-refractivity contribution in [1.82, 2.24) is 15.2 Å². The lowest BCUT2D eigenvalue weighted by Gasteiger charge is -2.43. The number of para-hydroxylation sites is 1. The van der Waals surface area contributed by atoms with Crippen LogP contribution in [0.2, 0.25) is 0 Å². The van der Waals surface area contributed by atoms with Crippen LogP contribution in [0.1, 0.15) is 34.7 Å². The SMILES string of the molecule is CC(Cc1c[nH]c2ccccc12)(C(N)=O)N(CCc1ccccc1)C(=O)NC(c1ccccc1)(c1ccccc1)c1ccccc1. The van der Waals surface area contributed by atoms with Gasteiger partial charge in [-0.2, -0.15) is 0 Å². The fourth-order valence-corrected chi connectivity index (χ4v) is 6.43. The van der Waals surface area contributed by atoms with E-state index in [1.165, 1.54) is 0 Å². The minimum absolute atomic E-state index is 0.240. The van der Waals surface area contributed by atoms with Crippen LogP contribution in [-0.2, 0) is 23.2 Å². The highest BCUT2D eigenvalue weighted by molar-refractivity contribution is 5.92. The zero-order chi connectivity index (χ0) is 32.0. The lowest BCUT2D eigenvalue weighted by Crippen LogP contribution is -2.64. The smallest absolute Gasteiger partial charge is 0.319 e. The summed E-state index contributed by atoms with van der Waals surface area (Å²) in [5.41, 5.74) is 9.44. The third-order valence-corrected chi connectivity index (χ3v) is 8.96. The van der Waals surface area contributed by atoms with Gasteiger partial charge in [0.15, 0.2) is 0 Å². The summed E-state index contributed by atoms with van der Waals surface area (Å²) in [6.07, 6.45) is 2.69. The number of amides is 3. The largest absolute Gasteiger partial charge is 0.368 e. The van der Waals surface area contributed by atoms with Gasteiger partial charge in [0.1, 0.15) is 11.1 Å². The normalized spacial score (nSPS) is 12.7. The first-order chi connectivity index (χ1) is 22.4. The molecule has 4 N–H and O–H groups in total. The van der Waals surface area contributed by atoms with Gasteiger partial charge in [0.25, 0.3) is 0 Å². The van der Waals surface area contributed by atoms with E-state index in [2.05, 4.69) is 10.3 Å². The van der Waals surface area contributed by atoms with Crippen molar-refractivity contribution in [2.24, 2.45) is 5.73 Å². The number of rotatable bonds is 11. The van der Waals surface area contributed by atoms with Gasteiger partial charge < -0.3 is 20.9 Å². The maximum Gasteiger partial charge on any atom is 0.319 e. The molecule has 0 fully saturated rings. The van der Waals surface area contributed by atoms with Gasteiger partial charge in [0.2, 0.25) is 5.91 Å². The number of aromatic amines is 1. The number of benzene rings is 5. The number of nitrogens with one attached hydrogen (secondary N) is 2. The van der Waals surface area contributed by atoms with Crippen molar-refractivity contribution in [2.75, 3.05) is 6.54 Å². The number of carbonyl (C=O) groups is 2. The Kier molecular flexibility index (Phi) is 8.70. The summed E-state index contributed by atoms with van der Waals surface area (Å²) in [5.74, 6) is -0.578. The Morgan fingerprint density at radius 1 is 0.696 bits per heavy atom. The highest BCUT2D eigenvalue weighted by atomic mass is 16.2. The summed E-state index contributed by atoms with van der Waals surface area (Å²) in [6, 6.07) is 47.4. The van der Waals surface area contributed by atoms with Crippen LogP contribution in [0.15, 0.2) is 152 Å². The summed E-state index contributed by atoms with van der Waals surface area (Å²) in [5, 5.41) is 4.46. The first-order valence-corrected chi connectivity index (χ1v) is 15.6. The first kappa shape index (κ1) is 30.4. The monoisotopic (exact) mass is 606 g/mol. The molecule has 1 aromatic heterocycles. The van der Waals surface area contributed by atoms with Crippen molar-refractivity contribution in [2.45, 2.75) is 30.8 Å². The summed E-state index contributed by atoms with van der Waals surface area (Å²) in [4.78, 5) is 33.6. The van der Waals surface area contributed by atoms with Crippen molar-refractivity contribution < 1.29 is 9.59 Å². The molecule has 5 aromatic carbocycles. The summed E-state index contributed by atoms with van der Waals surface area (Å²) < 4.78 is 0. The van der Waals surface area contributed by atoms with Crippen molar-refractivity contribution in [3.63, 3.8) is 0 Å². The number of hydrogen-bond donors (Lipinski definition) is 3. The molecule has 0 saturated carbocycles. The Morgan fingerprint density at radius 3 is 1.70 bits per heavy atom. The van der Waals surface area contributed by atoms with Crippen molar-refractivity contribution >= 4 is 22.8 Å². The van der Waals surface area contributed by atoms with Crippen LogP contribution in [0, 0.1) is 0 Å². The Labute approximate surface area is 269 Å². The fraction of sp³-hybridized carbons (Fsp3) is 0.150. The summed E-state index contributed by atoms with van der Waals surface area (Å²) in [6.45, 7) is 2.04. The van der Waals surface area contributed by atoms with E-state index in [1.54, 1.807) is 11.8 Å². The number of aromatic nitrogens is 1. The third-order valence-electron chi connectivity index (χ3n) is 8.96. The van der Waals surface area contributed by atoms with Crippen LogP contribution in [0.5, 0.6) is 0 Å². The van der Waals surface area contributed by atoms with Crippen molar-refractivity contribution in [3.05, 3.63) is 180 Å². The van der Waals surface area contributed by atoms with Gasteiger partial charge in [-0.05, 0) is 47.2 Å². The van der Waals surface area contributed by atoms with Gasteiger partial charge in [-0.25, -0.2) is 4.79 Å². The van der Waals surface area contributed by atoms with E-state index in [1.807, 2.05) is 152 Å². The van der Waals surface area contributed by atoms with E-state index >= 15 is 4.79 Å². The molecular weight excluding hydrogens is 568 g/mol. The van der Waals surface area contributed by atoms with E-state index in [-0.39, 0.29) is 13.0 Å². The maximum atomic E-state index is 15.0. The van der Waals surface area contributed by atoms with Gasteiger partial charge in [0.05, 0.1) is 0 Å². The molecule has 0 radical (unpaired) electrons. The van der Waals surface area contributed by atoms with E-state index in [9.17, 15) is 4.79 Å². The van der Waals surface area contributed by atoms with Crippen LogP contribution in [0.25, 0.3) is 10.9 Å². The van der Waals surface area contributed by atoms with Crippen molar-refractivity contribution in [3.8, 4) is 0 Å². The van der Waals surface area contributed by atoms with Gasteiger partial charge in [-0.15, -0.1) is 0 Å². The molecule has 0 bridgehead atoms. The molecule has 46 heavy (non-hydrogen) atoms. The zero-order valence-corrected chi connectivity index (χ0v) is 25.9. The molecule has 1 atom stereocenters. The van der Waals surface area contributed by atoms with Crippen LogP contribution in [-0.4, -0.2) is 33.9 Å². The van der Waals surface area contributed by atoms with Gasteiger partial charge in [0, 0.05) is 30.1 Å². The van der Waals surface area contributed by atoms with E-state index < -0.39 is 23.0 Å². The van der Waals surface area contributed by atoms with Crippen LogP contribution < -0.4 is 11.1 Å². The molecule has 0 aliphatic carbocycles. The van der Waals surface area contributed by atoms with E-state index in [0.717, 1.165) is 38.7 Å². The number of hydrogen-bond acceptors (Lipinski definition) is 2. The molecule has 230 valence electrons. The molecule has 0 aliphatic heterocycles. The predicted molar refractivity (Wildman–Crippen MR) is 184 cm³/mol. The predicted octanol–water partition coefficient (Wildman–Crippen LogP) is 7.20. The third kappa shape index (κ3) is 5.89. The molecule has 0 spiro atoms. The number of carbonyl (C=O) groups excluding carboxylic acids is 2. The fourth-order valence-electron chi connectivity index (χ4n) is 6.43. The van der Waals surface area contributed by atoms with E-state index in [4.69, 9.17) is 5.73 Å². The standard InChI is InChI=1S/C40H38N4O2/c1-39(37(41)45,28-31-29-42-36-25-15-14-24-35(31)36)44(27-26-30-16-6-2-7-17-30)38(46)43-40(32-18-8-3-9-19-32,33-20-10-4-11-21-33)34-22-12-5-13-23-34/h2-25,29,42H,26-28H2,1H3,(H2,41,45)(H,43,46). The topological polar surface area (TPSA) is 91.2 Å². The minimum Gasteiger partial charge on any atom is -0.368 e. The average Bonchev–Trinajstić information content (AvgIpc) is 3.51. The maximum absolute atomic E-state index is 15.0. The van der Waals surface area contributed by atoms with E-state index in [0.29, 0.717) is 6.42 Å². The van der Waals surface area contributed by atoms with Gasteiger partial charge in [-0.1, -0.05) is 140 Å². The highest BCUT2D eigenvalue weighted by Crippen LogP contribution is 2.38. The van der Waals surface area contributed by atoms with Gasteiger partial charge in [-0.3, -0.25) is 4.79 Å². The highest BCUT2D eigenvalue weighted by Gasteiger charge is 2.45. The molecule has 0 saturated heterocycles. The first-order valence-electron chi connectivity index (χ1n) is 15.6. The number of nitrogens with two attached hydrogens (primary N) is 1. The second-order valence-electron chi connectivity index (χ2n) is 11.8. The van der Waals surface area contributed by atoms with Crippen molar-refractivity contribution in [1.29, 1.82) is 0 Å². The zero-order valence-electron chi connectivity index (χ0n) is 25.9. The molecule has 1 unspecified atom stereocenters. The number of H-pyrrole nitrogens is 1. The second kappa shape index (κ2) is 13.2. The lowest BCUT2D eigenvalue weighted by molar-refractivity contribution is -0.127. The quantitative estimate of drug-likeness (QED) is 0.136. The Hall–Kier alpha value is -5.62. The number of fused-ring (bicyclic) bond motifs is 1. The minimum atomic E-state index is -1.36. The molecule has 1 heterocycles. The Balaban J connectivity index is 1.49. The van der Waals surface area contributed by atoms with Gasteiger partial charge >= 0.3 is 6.03 Å². The lowest BCUT2D eigenvalue weighted by atomic mass is 9.77. The summed E-state index contributed by atoms with van der Waals surface area (Å²) in [7, 11) is 0. The molecular formula is C40H38N4O2.